The second-order valence-electron chi connectivity index (χ2n) is 5.62. The molecule has 1 fully saturated rings. The highest BCUT2D eigenvalue weighted by molar-refractivity contribution is 4.82. The van der Waals surface area contributed by atoms with Crippen LogP contribution < -0.4 is 0 Å². The van der Waals surface area contributed by atoms with Crippen molar-refractivity contribution < 1.29 is 9.22 Å². The van der Waals surface area contributed by atoms with E-state index in [1.807, 2.05) is 0 Å². The predicted octanol–water partition coefficient (Wildman–Crippen LogP) is 3.77. The van der Waals surface area contributed by atoms with Gasteiger partial charge in [0.15, 0.2) is 0 Å². The van der Waals surface area contributed by atoms with E-state index in [0.717, 1.165) is 6.61 Å². The number of rotatable bonds is 11. The first-order chi connectivity index (χ1) is 8.76. The zero-order chi connectivity index (χ0) is 13.3. The number of hydrogen-bond acceptors (Lipinski definition) is 1. The van der Waals surface area contributed by atoms with Crippen LogP contribution in [0.1, 0.15) is 52.9 Å². The van der Waals surface area contributed by atoms with Crippen LogP contribution >= 0.6 is 0 Å². The molecule has 1 rings (SSSR count). The molecule has 0 saturated carbocycles. The Bertz CT molecular complexity index is 229. The molecular formula is C16H32NO+. The maximum Gasteiger partial charge on any atom is 0.130 e. The molecule has 0 amide bonds. The minimum atomic E-state index is 0.544. The largest absolute Gasteiger partial charge is 0.367 e. The smallest absolute Gasteiger partial charge is 0.130 e. The summed E-state index contributed by atoms with van der Waals surface area (Å²) in [4.78, 5) is 0. The molecule has 1 atom stereocenters. The van der Waals surface area contributed by atoms with Crippen LogP contribution in [0.2, 0.25) is 0 Å². The van der Waals surface area contributed by atoms with Gasteiger partial charge in [-0.25, -0.2) is 0 Å². The van der Waals surface area contributed by atoms with Crippen molar-refractivity contribution in [3.8, 4) is 0 Å². The van der Waals surface area contributed by atoms with Gasteiger partial charge in [-0.2, -0.15) is 0 Å². The normalized spacial score (nSPS) is 19.6. The molecule has 2 nitrogen and oxygen atoms in total. The van der Waals surface area contributed by atoms with Crippen molar-refractivity contribution >= 4 is 0 Å². The molecule has 18 heavy (non-hydrogen) atoms. The van der Waals surface area contributed by atoms with Crippen molar-refractivity contribution in [2.24, 2.45) is 0 Å². The van der Waals surface area contributed by atoms with Crippen molar-refractivity contribution in [1.82, 2.24) is 0 Å². The Morgan fingerprint density at radius 2 is 1.78 bits per heavy atom. The van der Waals surface area contributed by atoms with Crippen LogP contribution in [-0.2, 0) is 4.74 Å². The van der Waals surface area contributed by atoms with Gasteiger partial charge in [0.25, 0.3) is 0 Å². The van der Waals surface area contributed by atoms with E-state index in [4.69, 9.17) is 4.74 Å². The van der Waals surface area contributed by atoms with E-state index in [1.165, 1.54) is 62.8 Å². The quantitative estimate of drug-likeness (QED) is 0.237. The van der Waals surface area contributed by atoms with Gasteiger partial charge in [0.2, 0.25) is 0 Å². The van der Waals surface area contributed by atoms with Gasteiger partial charge in [0.1, 0.15) is 12.6 Å². The zero-order valence-corrected chi connectivity index (χ0v) is 12.7. The number of likely N-dealkylation sites (N-methyl/N-ethyl adjacent to an activating group) is 1. The molecule has 0 bridgehead atoms. The highest BCUT2D eigenvalue weighted by Crippen LogP contribution is 2.17. The minimum Gasteiger partial charge on any atom is -0.367 e. The topological polar surface area (TPSA) is 12.5 Å². The van der Waals surface area contributed by atoms with E-state index >= 15 is 0 Å². The maximum atomic E-state index is 5.40. The lowest BCUT2D eigenvalue weighted by atomic mass is 10.1. The van der Waals surface area contributed by atoms with Crippen molar-refractivity contribution in [1.29, 1.82) is 0 Å². The molecule has 0 radical (unpaired) electrons. The average molecular weight is 254 g/mol. The standard InChI is InChI=1S/C16H32NO/c1-4-7-8-9-10-11-12-13-17(5-2,6-3)14-16-15-18-16/h11-12,16H,4-10,13-15H2,1-3H3/q+1/b12-11+. The van der Waals surface area contributed by atoms with Crippen LogP contribution in [0.15, 0.2) is 12.2 Å². The Balaban J connectivity index is 2.21. The Hall–Kier alpha value is -0.340. The summed E-state index contributed by atoms with van der Waals surface area (Å²) in [6.45, 7) is 12.7. The molecule has 0 aromatic rings. The first kappa shape index (κ1) is 15.7. The van der Waals surface area contributed by atoms with Crippen LogP contribution in [-0.4, -0.2) is 43.4 Å². The Morgan fingerprint density at radius 1 is 1.06 bits per heavy atom. The van der Waals surface area contributed by atoms with E-state index in [0.29, 0.717) is 6.10 Å². The molecule has 0 aromatic carbocycles. The number of quaternary nitrogens is 1. The summed E-state index contributed by atoms with van der Waals surface area (Å²) in [5.74, 6) is 0. The van der Waals surface area contributed by atoms with Crippen LogP contribution in [0.25, 0.3) is 0 Å². The summed E-state index contributed by atoms with van der Waals surface area (Å²) >= 11 is 0. The van der Waals surface area contributed by atoms with Gasteiger partial charge >= 0.3 is 0 Å². The van der Waals surface area contributed by atoms with E-state index < -0.39 is 0 Å². The van der Waals surface area contributed by atoms with Crippen molar-refractivity contribution in [3.05, 3.63) is 12.2 Å². The molecule has 1 saturated heterocycles. The minimum absolute atomic E-state index is 0.544. The van der Waals surface area contributed by atoms with Crippen molar-refractivity contribution in [3.63, 3.8) is 0 Å². The predicted molar refractivity (Wildman–Crippen MR) is 78.7 cm³/mol. The second-order valence-corrected chi connectivity index (χ2v) is 5.62. The van der Waals surface area contributed by atoms with E-state index in [1.54, 1.807) is 0 Å². The van der Waals surface area contributed by atoms with Crippen molar-refractivity contribution in [2.45, 2.75) is 59.0 Å². The molecule has 1 aliphatic rings. The van der Waals surface area contributed by atoms with E-state index in [9.17, 15) is 0 Å². The molecule has 0 spiro atoms. The number of epoxide rings is 1. The van der Waals surface area contributed by atoms with Crippen molar-refractivity contribution in [2.75, 3.05) is 32.8 Å². The molecular weight excluding hydrogens is 222 g/mol. The van der Waals surface area contributed by atoms with Gasteiger partial charge in [-0.1, -0.05) is 32.3 Å². The molecule has 106 valence electrons. The van der Waals surface area contributed by atoms with Crippen LogP contribution in [0.4, 0.5) is 0 Å². The van der Waals surface area contributed by atoms with E-state index in [2.05, 4.69) is 32.9 Å². The Kier molecular flexibility index (Phi) is 7.60. The van der Waals surface area contributed by atoms with Crippen LogP contribution in [0, 0.1) is 0 Å². The number of ether oxygens (including phenoxy) is 1. The molecule has 2 heteroatoms. The summed E-state index contributed by atoms with van der Waals surface area (Å²) in [6.07, 6.45) is 12.1. The summed E-state index contributed by atoms with van der Waals surface area (Å²) < 4.78 is 6.59. The highest BCUT2D eigenvalue weighted by atomic mass is 16.6. The monoisotopic (exact) mass is 254 g/mol. The fourth-order valence-corrected chi connectivity index (χ4v) is 2.52. The molecule has 1 heterocycles. The summed E-state index contributed by atoms with van der Waals surface area (Å²) in [5, 5.41) is 0. The average Bonchev–Trinajstić information content (AvgIpc) is 3.20. The summed E-state index contributed by atoms with van der Waals surface area (Å²) in [6, 6.07) is 0. The first-order valence-corrected chi connectivity index (χ1v) is 7.88. The lowest BCUT2D eigenvalue weighted by Gasteiger charge is -2.35. The van der Waals surface area contributed by atoms with Crippen LogP contribution in [0.3, 0.4) is 0 Å². The second kappa shape index (κ2) is 8.71. The lowest BCUT2D eigenvalue weighted by molar-refractivity contribution is -0.919. The molecule has 0 aliphatic carbocycles. The summed E-state index contributed by atoms with van der Waals surface area (Å²) in [5.41, 5.74) is 0. The van der Waals surface area contributed by atoms with Gasteiger partial charge in [0.05, 0.1) is 26.2 Å². The van der Waals surface area contributed by atoms with Gasteiger partial charge in [-0.05, 0) is 32.8 Å². The third-order valence-electron chi connectivity index (χ3n) is 4.22. The third-order valence-corrected chi connectivity index (χ3v) is 4.22. The number of nitrogens with zero attached hydrogens (tertiary/aromatic N) is 1. The van der Waals surface area contributed by atoms with Gasteiger partial charge in [0, 0.05) is 0 Å². The van der Waals surface area contributed by atoms with Crippen LogP contribution in [0.5, 0.6) is 0 Å². The zero-order valence-electron chi connectivity index (χ0n) is 12.7. The fraction of sp³-hybridized carbons (Fsp3) is 0.875. The van der Waals surface area contributed by atoms with Gasteiger partial charge in [-0.15, -0.1) is 0 Å². The number of unbranched alkanes of at least 4 members (excludes halogenated alkanes) is 4. The third kappa shape index (κ3) is 6.01. The molecule has 1 aliphatic heterocycles. The number of hydrogen-bond donors (Lipinski definition) is 0. The van der Waals surface area contributed by atoms with Gasteiger partial charge < -0.3 is 9.22 Å². The molecule has 0 aromatic heterocycles. The lowest BCUT2D eigenvalue weighted by Crippen LogP contribution is -2.50. The fourth-order valence-electron chi connectivity index (χ4n) is 2.52. The molecule has 0 N–H and O–H groups in total. The Morgan fingerprint density at radius 3 is 2.33 bits per heavy atom. The highest BCUT2D eigenvalue weighted by Gasteiger charge is 2.34. The maximum absolute atomic E-state index is 5.40. The summed E-state index contributed by atoms with van der Waals surface area (Å²) in [7, 11) is 0. The van der Waals surface area contributed by atoms with E-state index in [-0.39, 0.29) is 0 Å². The first-order valence-electron chi connectivity index (χ1n) is 7.88. The molecule has 1 unspecified atom stereocenters. The van der Waals surface area contributed by atoms with Gasteiger partial charge in [-0.3, -0.25) is 0 Å². The Labute approximate surface area is 114 Å². The number of allylic oxidation sites excluding steroid dienone is 1. The SMILES string of the molecule is CCCCCC/C=C/C[N+](CC)(CC)CC1CO1.